The van der Waals surface area contributed by atoms with Gasteiger partial charge in [-0.2, -0.15) is 0 Å². The van der Waals surface area contributed by atoms with Gasteiger partial charge in [0.25, 0.3) is 0 Å². The fourth-order valence-corrected chi connectivity index (χ4v) is 1.77. The van der Waals surface area contributed by atoms with Crippen molar-refractivity contribution in [1.82, 2.24) is 5.32 Å². The van der Waals surface area contributed by atoms with Crippen LogP contribution in [0.2, 0.25) is 0 Å². The Balaban J connectivity index is 2.00. The molecule has 0 bridgehead atoms. The van der Waals surface area contributed by atoms with Gasteiger partial charge in [0.2, 0.25) is 5.91 Å². The average molecular weight is 232 g/mol. The van der Waals surface area contributed by atoms with Crippen LogP contribution < -0.4 is 10.6 Å². The Morgan fingerprint density at radius 2 is 1.82 bits per heavy atom. The van der Waals surface area contributed by atoms with Gasteiger partial charge in [0.05, 0.1) is 5.92 Å². The van der Waals surface area contributed by atoms with E-state index in [1.54, 1.807) is 0 Å². The average Bonchev–Trinajstić information content (AvgIpc) is 2.13. The summed E-state index contributed by atoms with van der Waals surface area (Å²) < 4.78 is 0. The van der Waals surface area contributed by atoms with Crippen molar-refractivity contribution in [3.8, 4) is 0 Å². The van der Waals surface area contributed by atoms with Gasteiger partial charge in [-0.1, -0.05) is 32.9 Å². The molecule has 1 aliphatic heterocycles. The Labute approximate surface area is 103 Å². The lowest BCUT2D eigenvalue weighted by atomic mass is 9.87. The summed E-state index contributed by atoms with van der Waals surface area (Å²) in [5, 5.41) is 6.04. The third-order valence-corrected chi connectivity index (χ3v) is 3.17. The second-order valence-corrected chi connectivity index (χ2v) is 5.67. The molecule has 0 aromatic heterocycles. The summed E-state index contributed by atoms with van der Waals surface area (Å²) in [5.41, 5.74) is 2.32. The molecule has 1 saturated heterocycles. The number of hydrogen-bond acceptors (Lipinski definition) is 2. The normalized spacial score (nSPS) is 16.4. The molecule has 17 heavy (non-hydrogen) atoms. The molecule has 2 rings (SSSR count). The van der Waals surface area contributed by atoms with E-state index in [1.165, 1.54) is 5.56 Å². The molecule has 0 aliphatic carbocycles. The highest BCUT2D eigenvalue weighted by atomic mass is 16.2. The van der Waals surface area contributed by atoms with E-state index in [0.717, 1.165) is 18.8 Å². The number of anilines is 1. The van der Waals surface area contributed by atoms with Crippen LogP contribution in [-0.2, 0) is 10.2 Å². The Morgan fingerprint density at radius 3 is 2.24 bits per heavy atom. The standard InChI is InChI=1S/C14H20N2O/c1-14(2,3)11-4-6-12(7-5-11)16-13(17)10-8-15-9-10/h4-7,10,15H,8-9H2,1-3H3,(H,16,17). The minimum Gasteiger partial charge on any atom is -0.326 e. The van der Waals surface area contributed by atoms with Crippen LogP contribution in [0.25, 0.3) is 0 Å². The van der Waals surface area contributed by atoms with Crippen molar-refractivity contribution in [2.75, 3.05) is 18.4 Å². The zero-order valence-corrected chi connectivity index (χ0v) is 10.7. The maximum atomic E-state index is 11.7. The van der Waals surface area contributed by atoms with Crippen LogP contribution in [0.3, 0.4) is 0 Å². The van der Waals surface area contributed by atoms with Gasteiger partial charge in [-0.25, -0.2) is 0 Å². The predicted octanol–water partition coefficient (Wildman–Crippen LogP) is 2.14. The van der Waals surface area contributed by atoms with Gasteiger partial charge >= 0.3 is 0 Å². The van der Waals surface area contributed by atoms with Gasteiger partial charge in [0, 0.05) is 18.8 Å². The highest BCUT2D eigenvalue weighted by molar-refractivity contribution is 5.93. The molecule has 1 aromatic rings. The monoisotopic (exact) mass is 232 g/mol. The molecule has 1 aromatic carbocycles. The lowest BCUT2D eigenvalue weighted by Crippen LogP contribution is -2.48. The van der Waals surface area contributed by atoms with E-state index in [2.05, 4.69) is 43.5 Å². The molecule has 0 saturated carbocycles. The van der Waals surface area contributed by atoms with Crippen LogP contribution in [0.15, 0.2) is 24.3 Å². The van der Waals surface area contributed by atoms with E-state index in [0.29, 0.717) is 0 Å². The third kappa shape index (κ3) is 2.86. The van der Waals surface area contributed by atoms with Crippen LogP contribution in [0.5, 0.6) is 0 Å². The minimum absolute atomic E-state index is 0.118. The van der Waals surface area contributed by atoms with Crippen molar-refractivity contribution in [2.45, 2.75) is 26.2 Å². The first kappa shape index (κ1) is 12.1. The Morgan fingerprint density at radius 1 is 1.24 bits per heavy atom. The van der Waals surface area contributed by atoms with Gasteiger partial charge in [0.15, 0.2) is 0 Å². The van der Waals surface area contributed by atoms with Gasteiger partial charge in [-0.15, -0.1) is 0 Å². The van der Waals surface area contributed by atoms with Crippen molar-refractivity contribution in [1.29, 1.82) is 0 Å². The second-order valence-electron chi connectivity index (χ2n) is 5.67. The van der Waals surface area contributed by atoms with E-state index in [4.69, 9.17) is 0 Å². The molecule has 2 N–H and O–H groups in total. The van der Waals surface area contributed by atoms with Gasteiger partial charge < -0.3 is 10.6 Å². The Hall–Kier alpha value is -1.35. The van der Waals surface area contributed by atoms with Crippen LogP contribution in [0, 0.1) is 5.92 Å². The zero-order chi connectivity index (χ0) is 12.5. The highest BCUT2D eigenvalue weighted by Gasteiger charge is 2.24. The summed E-state index contributed by atoms with van der Waals surface area (Å²) in [5.74, 6) is 0.254. The van der Waals surface area contributed by atoms with E-state index in [1.807, 2.05) is 12.1 Å². The fraction of sp³-hybridized carbons (Fsp3) is 0.500. The molecule has 1 aliphatic rings. The summed E-state index contributed by atoms with van der Waals surface area (Å²) >= 11 is 0. The van der Waals surface area contributed by atoms with Gasteiger partial charge in [-0.3, -0.25) is 4.79 Å². The van der Waals surface area contributed by atoms with Gasteiger partial charge in [-0.05, 0) is 23.1 Å². The largest absolute Gasteiger partial charge is 0.326 e. The Kier molecular flexibility index (Phi) is 3.20. The SMILES string of the molecule is CC(C)(C)c1ccc(NC(=O)C2CNC2)cc1. The van der Waals surface area contributed by atoms with Crippen molar-refractivity contribution >= 4 is 11.6 Å². The molecule has 0 radical (unpaired) electrons. The Bertz CT molecular complexity index is 399. The highest BCUT2D eigenvalue weighted by Crippen LogP contribution is 2.23. The van der Waals surface area contributed by atoms with E-state index in [-0.39, 0.29) is 17.2 Å². The number of carbonyl (C=O) groups excluding carboxylic acids is 1. The van der Waals surface area contributed by atoms with Crippen molar-refractivity contribution in [2.24, 2.45) is 5.92 Å². The summed E-state index contributed by atoms with van der Waals surface area (Å²) in [6, 6.07) is 8.11. The number of amides is 1. The number of rotatable bonds is 2. The predicted molar refractivity (Wildman–Crippen MR) is 70.1 cm³/mol. The molecule has 92 valence electrons. The maximum Gasteiger partial charge on any atom is 0.230 e. The van der Waals surface area contributed by atoms with Crippen LogP contribution >= 0.6 is 0 Å². The van der Waals surface area contributed by atoms with Crippen molar-refractivity contribution in [3.05, 3.63) is 29.8 Å². The lowest BCUT2D eigenvalue weighted by Gasteiger charge is -2.26. The van der Waals surface area contributed by atoms with Gasteiger partial charge in [0.1, 0.15) is 0 Å². The van der Waals surface area contributed by atoms with E-state index >= 15 is 0 Å². The van der Waals surface area contributed by atoms with Crippen molar-refractivity contribution in [3.63, 3.8) is 0 Å². The third-order valence-electron chi connectivity index (χ3n) is 3.17. The summed E-state index contributed by atoms with van der Waals surface area (Å²) in [6.07, 6.45) is 0. The molecule has 1 fully saturated rings. The molecule has 0 unspecified atom stereocenters. The summed E-state index contributed by atoms with van der Waals surface area (Å²) in [7, 11) is 0. The molecule has 0 spiro atoms. The summed E-state index contributed by atoms with van der Waals surface area (Å²) in [6.45, 7) is 8.14. The van der Waals surface area contributed by atoms with Crippen LogP contribution in [0.4, 0.5) is 5.69 Å². The molecular formula is C14H20N2O. The molecule has 1 amide bonds. The molecular weight excluding hydrogens is 212 g/mol. The first-order valence-electron chi connectivity index (χ1n) is 6.09. The smallest absolute Gasteiger partial charge is 0.230 e. The van der Waals surface area contributed by atoms with Crippen LogP contribution in [-0.4, -0.2) is 19.0 Å². The minimum atomic E-state index is 0.118. The number of benzene rings is 1. The molecule has 3 nitrogen and oxygen atoms in total. The maximum absolute atomic E-state index is 11.7. The first-order chi connectivity index (χ1) is 7.97. The second kappa shape index (κ2) is 4.49. The molecule has 1 heterocycles. The van der Waals surface area contributed by atoms with E-state index < -0.39 is 0 Å². The summed E-state index contributed by atoms with van der Waals surface area (Å²) in [4.78, 5) is 11.7. The lowest BCUT2D eigenvalue weighted by molar-refractivity contribution is -0.121. The zero-order valence-electron chi connectivity index (χ0n) is 10.7. The fourth-order valence-electron chi connectivity index (χ4n) is 1.77. The number of nitrogens with one attached hydrogen (secondary N) is 2. The van der Waals surface area contributed by atoms with Crippen molar-refractivity contribution < 1.29 is 4.79 Å². The topological polar surface area (TPSA) is 41.1 Å². The number of hydrogen-bond donors (Lipinski definition) is 2. The number of carbonyl (C=O) groups is 1. The van der Waals surface area contributed by atoms with Crippen LogP contribution in [0.1, 0.15) is 26.3 Å². The molecule has 3 heteroatoms. The van der Waals surface area contributed by atoms with E-state index in [9.17, 15) is 4.79 Å². The molecule has 0 atom stereocenters. The first-order valence-corrected chi connectivity index (χ1v) is 6.09. The quantitative estimate of drug-likeness (QED) is 0.820.